The lowest BCUT2D eigenvalue weighted by atomic mass is 9.81. The highest BCUT2D eigenvalue weighted by atomic mass is 79.9. The SMILES string of the molecule is CC1(C)CCSc2ccc(Br)c([N+](=O)[O-])c21. The minimum Gasteiger partial charge on any atom is -0.258 e. The Morgan fingerprint density at radius 3 is 2.81 bits per heavy atom. The molecule has 1 heterocycles. The van der Waals surface area contributed by atoms with Crippen molar-refractivity contribution in [2.45, 2.75) is 30.6 Å². The second kappa shape index (κ2) is 4.04. The summed E-state index contributed by atoms with van der Waals surface area (Å²) in [5.41, 5.74) is 0.991. The van der Waals surface area contributed by atoms with Gasteiger partial charge in [0.05, 0.1) is 15.0 Å². The average Bonchev–Trinajstić information content (AvgIpc) is 2.17. The summed E-state index contributed by atoms with van der Waals surface area (Å²) in [4.78, 5) is 11.9. The molecule has 1 aliphatic rings. The van der Waals surface area contributed by atoms with Gasteiger partial charge in [-0.15, -0.1) is 11.8 Å². The Labute approximate surface area is 107 Å². The van der Waals surface area contributed by atoms with Crippen LogP contribution in [0.3, 0.4) is 0 Å². The molecule has 2 rings (SSSR count). The number of nitro groups is 1. The van der Waals surface area contributed by atoms with Gasteiger partial charge >= 0.3 is 0 Å². The van der Waals surface area contributed by atoms with Gasteiger partial charge in [0.25, 0.3) is 5.69 Å². The van der Waals surface area contributed by atoms with E-state index in [0.717, 1.165) is 22.6 Å². The van der Waals surface area contributed by atoms with Crippen molar-refractivity contribution in [3.8, 4) is 0 Å². The summed E-state index contributed by atoms with van der Waals surface area (Å²) in [6.45, 7) is 4.15. The number of halogens is 1. The summed E-state index contributed by atoms with van der Waals surface area (Å²) in [5, 5.41) is 11.1. The van der Waals surface area contributed by atoms with Gasteiger partial charge in [-0.2, -0.15) is 0 Å². The maximum absolute atomic E-state index is 11.1. The Kier molecular flexibility index (Phi) is 3.01. The van der Waals surface area contributed by atoms with Crippen LogP contribution in [0.25, 0.3) is 0 Å². The van der Waals surface area contributed by atoms with E-state index in [1.54, 1.807) is 17.8 Å². The number of nitro benzene ring substituents is 1. The molecule has 0 bridgehead atoms. The molecule has 0 radical (unpaired) electrons. The van der Waals surface area contributed by atoms with Gasteiger partial charge < -0.3 is 0 Å². The van der Waals surface area contributed by atoms with Crippen LogP contribution in [0.15, 0.2) is 21.5 Å². The van der Waals surface area contributed by atoms with Crippen LogP contribution in [-0.2, 0) is 5.41 Å². The van der Waals surface area contributed by atoms with Gasteiger partial charge in [0.2, 0.25) is 0 Å². The van der Waals surface area contributed by atoms with Crippen molar-refractivity contribution in [1.82, 2.24) is 0 Å². The number of hydrogen-bond donors (Lipinski definition) is 0. The van der Waals surface area contributed by atoms with E-state index < -0.39 is 0 Å². The zero-order valence-electron chi connectivity index (χ0n) is 9.12. The van der Waals surface area contributed by atoms with Gasteiger partial charge in [0.15, 0.2) is 0 Å². The lowest BCUT2D eigenvalue weighted by Crippen LogP contribution is -2.24. The zero-order valence-corrected chi connectivity index (χ0v) is 11.5. The van der Waals surface area contributed by atoms with E-state index in [1.807, 2.05) is 6.07 Å². The van der Waals surface area contributed by atoms with Crippen LogP contribution in [-0.4, -0.2) is 10.7 Å². The highest BCUT2D eigenvalue weighted by molar-refractivity contribution is 9.10. The largest absolute Gasteiger partial charge is 0.288 e. The molecule has 5 heteroatoms. The first kappa shape index (κ1) is 11.9. The van der Waals surface area contributed by atoms with Gasteiger partial charge in [-0.05, 0) is 45.7 Å². The number of nitrogens with zero attached hydrogens (tertiary/aromatic N) is 1. The Morgan fingerprint density at radius 1 is 1.50 bits per heavy atom. The summed E-state index contributed by atoms with van der Waals surface area (Å²) < 4.78 is 0.576. The highest BCUT2D eigenvalue weighted by Gasteiger charge is 2.36. The second-order valence-corrected chi connectivity index (χ2v) is 6.50. The van der Waals surface area contributed by atoms with Gasteiger partial charge in [-0.1, -0.05) is 13.8 Å². The number of thioether (sulfide) groups is 1. The molecule has 3 nitrogen and oxygen atoms in total. The fraction of sp³-hybridized carbons (Fsp3) is 0.455. The van der Waals surface area contributed by atoms with Crippen molar-refractivity contribution in [1.29, 1.82) is 0 Å². The molecule has 86 valence electrons. The van der Waals surface area contributed by atoms with Gasteiger partial charge in [-0.3, -0.25) is 10.1 Å². The van der Waals surface area contributed by atoms with Crippen LogP contribution in [0.4, 0.5) is 5.69 Å². The average molecular weight is 302 g/mol. The summed E-state index contributed by atoms with van der Waals surface area (Å²) in [6, 6.07) is 3.74. The van der Waals surface area contributed by atoms with E-state index in [1.165, 1.54) is 0 Å². The predicted octanol–water partition coefficient (Wildman–Crippen LogP) is 4.13. The van der Waals surface area contributed by atoms with Crippen LogP contribution in [0.1, 0.15) is 25.8 Å². The standard InChI is InChI=1S/C11H12BrNO2S/c1-11(2)5-6-16-8-4-3-7(12)10(9(8)11)13(14)15/h3-4H,5-6H2,1-2H3. The Bertz CT molecular complexity index is 460. The van der Waals surface area contributed by atoms with Crippen molar-refractivity contribution in [2.75, 3.05) is 5.75 Å². The minimum atomic E-state index is -0.281. The molecule has 0 aromatic heterocycles. The van der Waals surface area contributed by atoms with Crippen molar-refractivity contribution >= 4 is 33.4 Å². The van der Waals surface area contributed by atoms with Crippen LogP contribution in [0.5, 0.6) is 0 Å². The number of benzene rings is 1. The Hall–Kier alpha value is -0.550. The van der Waals surface area contributed by atoms with Gasteiger partial charge in [-0.25, -0.2) is 0 Å². The lowest BCUT2D eigenvalue weighted by Gasteiger charge is -2.31. The zero-order chi connectivity index (χ0) is 11.9. The summed E-state index contributed by atoms with van der Waals surface area (Å²) in [7, 11) is 0. The first-order chi connectivity index (χ1) is 7.43. The van der Waals surface area contributed by atoms with Crippen molar-refractivity contribution in [2.24, 2.45) is 0 Å². The normalized spacial score (nSPS) is 17.9. The third kappa shape index (κ3) is 1.86. The van der Waals surface area contributed by atoms with Gasteiger partial charge in [0.1, 0.15) is 0 Å². The van der Waals surface area contributed by atoms with Crippen LogP contribution < -0.4 is 0 Å². The number of rotatable bonds is 1. The van der Waals surface area contributed by atoms with E-state index in [9.17, 15) is 10.1 Å². The van der Waals surface area contributed by atoms with Crippen LogP contribution in [0, 0.1) is 10.1 Å². The molecule has 1 aliphatic heterocycles. The molecule has 1 aromatic rings. The molecule has 0 unspecified atom stereocenters. The molecular formula is C11H12BrNO2S. The number of hydrogen-bond acceptors (Lipinski definition) is 3. The first-order valence-corrected chi connectivity index (χ1v) is 6.81. The molecule has 0 saturated carbocycles. The second-order valence-electron chi connectivity index (χ2n) is 4.51. The van der Waals surface area contributed by atoms with E-state index in [4.69, 9.17) is 0 Å². The maximum atomic E-state index is 11.1. The Morgan fingerprint density at radius 2 is 2.19 bits per heavy atom. The maximum Gasteiger partial charge on any atom is 0.288 e. The quantitative estimate of drug-likeness (QED) is 0.578. The third-order valence-electron chi connectivity index (χ3n) is 2.93. The molecule has 0 atom stereocenters. The fourth-order valence-corrected chi connectivity index (χ4v) is 4.03. The topological polar surface area (TPSA) is 43.1 Å². The smallest absolute Gasteiger partial charge is 0.258 e. The molecule has 0 N–H and O–H groups in total. The minimum absolute atomic E-state index is 0.118. The molecule has 0 amide bonds. The van der Waals surface area contributed by atoms with Crippen molar-refractivity contribution in [3.63, 3.8) is 0 Å². The molecule has 0 saturated heterocycles. The highest BCUT2D eigenvalue weighted by Crippen LogP contribution is 2.48. The van der Waals surface area contributed by atoms with Gasteiger partial charge in [0, 0.05) is 4.90 Å². The lowest BCUT2D eigenvalue weighted by molar-refractivity contribution is -0.387. The van der Waals surface area contributed by atoms with Crippen molar-refractivity contribution in [3.05, 3.63) is 32.3 Å². The van der Waals surface area contributed by atoms with E-state index in [0.29, 0.717) is 4.47 Å². The molecule has 0 fully saturated rings. The Balaban J connectivity index is 2.74. The van der Waals surface area contributed by atoms with Crippen LogP contribution in [0.2, 0.25) is 0 Å². The van der Waals surface area contributed by atoms with E-state index in [2.05, 4.69) is 29.8 Å². The fourth-order valence-electron chi connectivity index (χ4n) is 2.04. The summed E-state index contributed by atoms with van der Waals surface area (Å²) in [6.07, 6.45) is 0.974. The molecule has 1 aromatic carbocycles. The monoisotopic (exact) mass is 301 g/mol. The molecule has 16 heavy (non-hydrogen) atoms. The van der Waals surface area contributed by atoms with Crippen LogP contribution >= 0.6 is 27.7 Å². The number of fused-ring (bicyclic) bond motifs is 1. The molecule has 0 aliphatic carbocycles. The summed E-state index contributed by atoms with van der Waals surface area (Å²) >= 11 is 4.98. The van der Waals surface area contributed by atoms with E-state index >= 15 is 0 Å². The predicted molar refractivity (Wildman–Crippen MR) is 69.2 cm³/mol. The molecular weight excluding hydrogens is 290 g/mol. The molecule has 0 spiro atoms. The van der Waals surface area contributed by atoms with Crippen molar-refractivity contribution < 1.29 is 4.92 Å². The first-order valence-electron chi connectivity index (χ1n) is 5.03. The summed E-state index contributed by atoms with van der Waals surface area (Å²) in [5.74, 6) is 1.03. The van der Waals surface area contributed by atoms with E-state index in [-0.39, 0.29) is 16.0 Å². The third-order valence-corrected chi connectivity index (χ3v) is 4.63.